The van der Waals surface area contributed by atoms with Crippen LogP contribution in [0.25, 0.3) is 6.08 Å². The van der Waals surface area contributed by atoms with Gasteiger partial charge in [0.2, 0.25) is 5.91 Å². The van der Waals surface area contributed by atoms with E-state index >= 15 is 0 Å². The molecule has 0 bridgehead atoms. The highest BCUT2D eigenvalue weighted by molar-refractivity contribution is 6.53. The highest BCUT2D eigenvalue weighted by atomic mass is 35.5. The third-order valence-corrected chi connectivity index (χ3v) is 7.21. The van der Waals surface area contributed by atoms with Crippen LogP contribution in [0.1, 0.15) is 27.4 Å². The summed E-state index contributed by atoms with van der Waals surface area (Å²) in [5.74, 6) is -5.31. The Hall–Kier alpha value is -2.42. The number of halogens is 7. The molecule has 4 rings (SSSR count). The van der Waals surface area contributed by atoms with Gasteiger partial charge in [-0.15, -0.1) is 23.2 Å². The van der Waals surface area contributed by atoms with E-state index in [1.807, 2.05) is 0 Å². The molecule has 3 aromatic rings. The normalized spacial score (nSPS) is 17.9. The van der Waals surface area contributed by atoms with Crippen LogP contribution in [0, 0.1) is 17.6 Å². The summed E-state index contributed by atoms with van der Waals surface area (Å²) in [4.78, 5) is 29.3. The molecule has 1 saturated carbocycles. The van der Waals surface area contributed by atoms with Crippen molar-refractivity contribution in [1.82, 2.24) is 4.98 Å². The monoisotopic (exact) mass is 589 g/mol. The average molecular weight is 592 g/mol. The minimum Gasteiger partial charge on any atom is -0.326 e. The lowest BCUT2D eigenvalue weighted by Gasteiger charge is -2.11. The van der Waals surface area contributed by atoms with Gasteiger partial charge in [-0.25, -0.2) is 13.8 Å². The molecule has 5 nitrogen and oxygen atoms in total. The van der Waals surface area contributed by atoms with Gasteiger partial charge in [-0.2, -0.15) is 0 Å². The molecule has 186 valence electrons. The quantitative estimate of drug-likeness (QED) is 0.288. The molecular weight excluding hydrogens is 578 g/mol. The van der Waals surface area contributed by atoms with Crippen LogP contribution in [0.15, 0.2) is 49.2 Å². The van der Waals surface area contributed by atoms with Crippen LogP contribution in [0.4, 0.5) is 20.3 Å². The van der Waals surface area contributed by atoms with Crippen LogP contribution in [-0.4, -0.2) is 21.1 Å². The molecule has 0 radical (unpaired) electrons. The van der Waals surface area contributed by atoms with E-state index in [1.54, 1.807) is 18.2 Å². The van der Waals surface area contributed by atoms with Crippen molar-refractivity contribution in [3.8, 4) is 0 Å². The second kappa shape index (κ2) is 10.1. The zero-order chi connectivity index (χ0) is 26.4. The summed E-state index contributed by atoms with van der Waals surface area (Å²) in [6.07, 6.45) is 1.71. The first-order valence-electron chi connectivity index (χ1n) is 10.2. The lowest BCUT2D eigenvalue weighted by molar-refractivity contribution is -0.117. The van der Waals surface area contributed by atoms with E-state index in [1.165, 1.54) is 18.2 Å². The Morgan fingerprint density at radius 3 is 2.33 bits per heavy atom. The van der Waals surface area contributed by atoms with Crippen LogP contribution < -0.4 is 10.6 Å². The van der Waals surface area contributed by atoms with E-state index in [4.69, 9.17) is 58.0 Å². The minimum atomic E-state index is -1.40. The number of nitrogens with one attached hydrogen (secondary N) is 2. The summed E-state index contributed by atoms with van der Waals surface area (Å²) in [5, 5.41) is 5.63. The number of hydrogen-bond acceptors (Lipinski definition) is 3. The molecule has 2 amide bonds. The van der Waals surface area contributed by atoms with E-state index in [-0.39, 0.29) is 16.3 Å². The Labute approximate surface area is 229 Å². The smallest absolute Gasteiger partial charge is 0.258 e. The molecule has 36 heavy (non-hydrogen) atoms. The number of rotatable bonds is 6. The highest BCUT2D eigenvalue weighted by Gasteiger charge is 2.67. The maximum absolute atomic E-state index is 14.4. The van der Waals surface area contributed by atoms with Crippen molar-refractivity contribution >= 4 is 87.4 Å². The summed E-state index contributed by atoms with van der Waals surface area (Å²) in [6.45, 7) is 3.33. The first-order chi connectivity index (χ1) is 16.9. The third-order valence-electron chi connectivity index (χ3n) is 5.50. The summed E-state index contributed by atoms with van der Waals surface area (Å²) in [6, 6.07) is 8.89. The van der Waals surface area contributed by atoms with Crippen LogP contribution in [0.3, 0.4) is 0 Å². The van der Waals surface area contributed by atoms with E-state index in [0.29, 0.717) is 15.6 Å². The standard InChI is InChI=1S/C24H14Cl5F2N3O2/c1-2-14-17(30)9-32-21(20(14)31)34-22(35)15-8-13(3-4-16(15)27)33-23(36)19-18(24(19,28)29)10-5-11(25)7-12(26)6-10/h2-9,18-19H,1H2,(H,33,36)(H,32,34,35). The number of pyridine rings is 1. The molecule has 1 aromatic heterocycles. The van der Waals surface area contributed by atoms with E-state index in [2.05, 4.69) is 22.2 Å². The third kappa shape index (κ3) is 5.17. The van der Waals surface area contributed by atoms with Crippen LogP contribution in [-0.2, 0) is 4.79 Å². The first kappa shape index (κ1) is 26.6. The van der Waals surface area contributed by atoms with Gasteiger partial charge in [-0.05, 0) is 42.0 Å². The van der Waals surface area contributed by atoms with Crippen molar-refractivity contribution in [2.24, 2.45) is 5.92 Å². The van der Waals surface area contributed by atoms with Gasteiger partial charge in [0.25, 0.3) is 5.91 Å². The first-order valence-corrected chi connectivity index (χ1v) is 12.0. The molecule has 1 aliphatic carbocycles. The van der Waals surface area contributed by atoms with Gasteiger partial charge in [0.05, 0.1) is 28.3 Å². The van der Waals surface area contributed by atoms with E-state index in [9.17, 15) is 18.4 Å². The topological polar surface area (TPSA) is 71.1 Å². The lowest BCUT2D eigenvalue weighted by Crippen LogP contribution is -2.19. The number of amides is 2. The molecule has 0 aliphatic heterocycles. The molecular formula is C24H14Cl5F2N3O2. The number of carbonyl (C=O) groups is 2. The molecule has 12 heteroatoms. The lowest BCUT2D eigenvalue weighted by atomic mass is 10.1. The van der Waals surface area contributed by atoms with Gasteiger partial charge in [0.15, 0.2) is 17.5 Å². The average Bonchev–Trinajstić information content (AvgIpc) is 3.38. The van der Waals surface area contributed by atoms with Crippen LogP contribution >= 0.6 is 58.0 Å². The van der Waals surface area contributed by atoms with Crippen molar-refractivity contribution < 1.29 is 18.4 Å². The van der Waals surface area contributed by atoms with Crippen molar-refractivity contribution in [2.75, 3.05) is 10.6 Å². The maximum atomic E-state index is 14.4. The zero-order valence-corrected chi connectivity index (χ0v) is 21.7. The molecule has 2 N–H and O–H groups in total. The summed E-state index contributed by atoms with van der Waals surface area (Å²) >= 11 is 31.0. The SMILES string of the molecule is C=Cc1c(F)cnc(NC(=O)c2cc(NC(=O)C3C(c4cc(Cl)cc(Cl)c4)C3(Cl)Cl)ccc2Cl)c1F. The summed E-state index contributed by atoms with van der Waals surface area (Å²) in [5.41, 5.74) is 0.254. The fourth-order valence-corrected chi connectivity index (χ4v) is 5.32. The number of nitrogens with zero attached hydrogens (tertiary/aromatic N) is 1. The predicted octanol–water partition coefficient (Wildman–Crippen LogP) is 7.74. The largest absolute Gasteiger partial charge is 0.326 e. The molecule has 0 spiro atoms. The maximum Gasteiger partial charge on any atom is 0.258 e. The van der Waals surface area contributed by atoms with Gasteiger partial charge in [-0.3, -0.25) is 9.59 Å². The molecule has 1 heterocycles. The molecule has 2 unspecified atom stereocenters. The number of benzene rings is 2. The summed E-state index contributed by atoms with van der Waals surface area (Å²) in [7, 11) is 0. The number of hydrogen-bond donors (Lipinski definition) is 2. The number of aromatic nitrogens is 1. The van der Waals surface area contributed by atoms with Crippen molar-refractivity contribution in [3.05, 3.63) is 92.6 Å². The van der Waals surface area contributed by atoms with Gasteiger partial charge < -0.3 is 10.6 Å². The number of alkyl halides is 2. The Morgan fingerprint density at radius 2 is 1.69 bits per heavy atom. The fraction of sp³-hybridized carbons (Fsp3) is 0.125. The molecule has 2 atom stereocenters. The van der Waals surface area contributed by atoms with Crippen molar-refractivity contribution in [3.63, 3.8) is 0 Å². The van der Waals surface area contributed by atoms with Crippen LogP contribution in [0.5, 0.6) is 0 Å². The van der Waals surface area contributed by atoms with Crippen molar-refractivity contribution in [2.45, 2.75) is 10.3 Å². The molecule has 0 saturated heterocycles. The van der Waals surface area contributed by atoms with Gasteiger partial charge >= 0.3 is 0 Å². The number of anilines is 2. The van der Waals surface area contributed by atoms with Gasteiger partial charge in [-0.1, -0.05) is 47.5 Å². The number of carbonyl (C=O) groups excluding carboxylic acids is 2. The van der Waals surface area contributed by atoms with Gasteiger partial charge in [0, 0.05) is 21.7 Å². The predicted molar refractivity (Wildman–Crippen MR) is 139 cm³/mol. The second-order valence-corrected chi connectivity index (χ2v) is 10.6. The Morgan fingerprint density at radius 1 is 1.03 bits per heavy atom. The second-order valence-electron chi connectivity index (χ2n) is 7.86. The van der Waals surface area contributed by atoms with E-state index < -0.39 is 51.0 Å². The van der Waals surface area contributed by atoms with Gasteiger partial charge in [0.1, 0.15) is 4.33 Å². The summed E-state index contributed by atoms with van der Waals surface area (Å²) < 4.78 is 26.7. The Kier molecular flexibility index (Phi) is 7.51. The molecule has 1 aliphatic rings. The zero-order valence-electron chi connectivity index (χ0n) is 17.9. The Bertz CT molecular complexity index is 1400. The molecule has 1 fully saturated rings. The minimum absolute atomic E-state index is 0.0128. The van der Waals surface area contributed by atoms with E-state index in [0.717, 1.165) is 12.3 Å². The van der Waals surface area contributed by atoms with Crippen LogP contribution in [0.2, 0.25) is 15.1 Å². The van der Waals surface area contributed by atoms with Crippen molar-refractivity contribution in [1.29, 1.82) is 0 Å². The molecule has 2 aromatic carbocycles. The Balaban J connectivity index is 1.53. The highest BCUT2D eigenvalue weighted by Crippen LogP contribution is 2.65. The fourth-order valence-electron chi connectivity index (χ4n) is 3.75.